The summed E-state index contributed by atoms with van der Waals surface area (Å²) in [4.78, 5) is 21.9. The van der Waals surface area contributed by atoms with Gasteiger partial charge in [0.05, 0.1) is 12.2 Å². The molecule has 0 saturated heterocycles. The highest BCUT2D eigenvalue weighted by atomic mass is 79.9. The first-order valence-electron chi connectivity index (χ1n) is 7.16. The lowest BCUT2D eigenvalue weighted by Gasteiger charge is -2.06. The lowest BCUT2D eigenvalue weighted by atomic mass is 10.2. The Morgan fingerprint density at radius 2 is 1.80 bits per heavy atom. The summed E-state index contributed by atoms with van der Waals surface area (Å²) >= 11 is 3.31. The van der Waals surface area contributed by atoms with Crippen LogP contribution in [0.15, 0.2) is 58.1 Å². The van der Waals surface area contributed by atoms with E-state index in [2.05, 4.69) is 26.5 Å². The largest absolute Gasteiger partial charge is 0.546 e. The van der Waals surface area contributed by atoms with E-state index in [1.54, 1.807) is 42.5 Å². The number of amides is 1. The molecule has 8 heteroatoms. The number of halogens is 1. The van der Waals surface area contributed by atoms with Crippen LogP contribution in [0.25, 0.3) is 0 Å². The average molecular weight is 406 g/mol. The minimum absolute atomic E-state index is 0.163. The van der Waals surface area contributed by atoms with Crippen LogP contribution in [-0.2, 0) is 9.59 Å². The molecule has 25 heavy (non-hydrogen) atoms. The van der Waals surface area contributed by atoms with Crippen molar-refractivity contribution in [2.24, 2.45) is 5.10 Å². The SMILES string of the molecule is O=C([O-])COc1ccc(C=NNC(=O)COc2cccc(Br)c2)cc1. The van der Waals surface area contributed by atoms with E-state index in [-0.39, 0.29) is 6.61 Å². The van der Waals surface area contributed by atoms with E-state index in [1.807, 2.05) is 6.07 Å². The summed E-state index contributed by atoms with van der Waals surface area (Å²) in [6.45, 7) is -0.675. The third-order valence-electron chi connectivity index (χ3n) is 2.81. The molecule has 130 valence electrons. The van der Waals surface area contributed by atoms with Crippen molar-refractivity contribution in [1.82, 2.24) is 5.43 Å². The molecule has 0 spiro atoms. The fourth-order valence-corrected chi connectivity index (χ4v) is 2.09. The third-order valence-corrected chi connectivity index (χ3v) is 3.30. The normalized spacial score (nSPS) is 10.4. The van der Waals surface area contributed by atoms with Crippen molar-refractivity contribution in [1.29, 1.82) is 0 Å². The second-order valence-electron chi connectivity index (χ2n) is 4.77. The van der Waals surface area contributed by atoms with Gasteiger partial charge in [-0.15, -0.1) is 0 Å². The molecule has 0 aromatic heterocycles. The van der Waals surface area contributed by atoms with E-state index in [4.69, 9.17) is 9.47 Å². The first kappa shape index (κ1) is 18.5. The van der Waals surface area contributed by atoms with Crippen molar-refractivity contribution < 1.29 is 24.2 Å². The number of nitrogens with one attached hydrogen (secondary N) is 1. The fraction of sp³-hybridized carbons (Fsp3) is 0.118. The van der Waals surface area contributed by atoms with Crippen molar-refractivity contribution in [3.05, 3.63) is 58.6 Å². The van der Waals surface area contributed by atoms with E-state index in [0.717, 1.165) is 4.47 Å². The Kier molecular flexibility index (Phi) is 6.97. The Balaban J connectivity index is 1.76. The van der Waals surface area contributed by atoms with Crippen LogP contribution in [0.5, 0.6) is 11.5 Å². The zero-order chi connectivity index (χ0) is 18.1. The molecule has 1 amide bonds. The van der Waals surface area contributed by atoms with Crippen molar-refractivity contribution in [2.45, 2.75) is 0 Å². The monoisotopic (exact) mass is 405 g/mol. The van der Waals surface area contributed by atoms with E-state index < -0.39 is 18.5 Å². The zero-order valence-corrected chi connectivity index (χ0v) is 14.6. The van der Waals surface area contributed by atoms with Gasteiger partial charge in [0.1, 0.15) is 18.1 Å². The highest BCUT2D eigenvalue weighted by Crippen LogP contribution is 2.17. The Morgan fingerprint density at radius 3 is 2.48 bits per heavy atom. The first-order chi connectivity index (χ1) is 12.0. The molecule has 0 atom stereocenters. The van der Waals surface area contributed by atoms with Gasteiger partial charge in [-0.3, -0.25) is 4.79 Å². The van der Waals surface area contributed by atoms with Gasteiger partial charge in [0, 0.05) is 4.47 Å². The average Bonchev–Trinajstić information content (AvgIpc) is 2.59. The molecule has 0 aliphatic rings. The van der Waals surface area contributed by atoms with Gasteiger partial charge in [-0.05, 0) is 48.0 Å². The van der Waals surface area contributed by atoms with Gasteiger partial charge in [0.2, 0.25) is 0 Å². The van der Waals surface area contributed by atoms with Gasteiger partial charge in [-0.2, -0.15) is 5.10 Å². The fourth-order valence-electron chi connectivity index (χ4n) is 1.71. The maximum Gasteiger partial charge on any atom is 0.277 e. The van der Waals surface area contributed by atoms with Crippen LogP contribution < -0.4 is 20.0 Å². The Labute approximate surface area is 152 Å². The van der Waals surface area contributed by atoms with Crippen LogP contribution in [0.2, 0.25) is 0 Å². The molecule has 0 aliphatic heterocycles. The Bertz CT molecular complexity index is 762. The molecule has 0 aliphatic carbocycles. The summed E-state index contributed by atoms with van der Waals surface area (Å²) in [5.74, 6) is -0.725. The summed E-state index contributed by atoms with van der Waals surface area (Å²) in [5, 5.41) is 14.1. The van der Waals surface area contributed by atoms with E-state index in [0.29, 0.717) is 17.1 Å². The van der Waals surface area contributed by atoms with Crippen LogP contribution in [0, 0.1) is 0 Å². The second kappa shape index (κ2) is 9.43. The summed E-state index contributed by atoms with van der Waals surface area (Å²) in [6, 6.07) is 13.6. The molecule has 7 nitrogen and oxygen atoms in total. The van der Waals surface area contributed by atoms with E-state index in [9.17, 15) is 14.7 Å². The van der Waals surface area contributed by atoms with Crippen molar-refractivity contribution in [2.75, 3.05) is 13.2 Å². The molecular formula is C17H14BrN2O5-. The topological polar surface area (TPSA) is 100 Å². The van der Waals surface area contributed by atoms with Gasteiger partial charge >= 0.3 is 0 Å². The number of carbonyl (C=O) groups is 2. The third kappa shape index (κ3) is 7.05. The lowest BCUT2D eigenvalue weighted by Crippen LogP contribution is -2.28. The minimum Gasteiger partial charge on any atom is -0.546 e. The van der Waals surface area contributed by atoms with Gasteiger partial charge in [0.15, 0.2) is 6.61 Å². The second-order valence-corrected chi connectivity index (χ2v) is 5.68. The van der Waals surface area contributed by atoms with E-state index >= 15 is 0 Å². The van der Waals surface area contributed by atoms with Crippen LogP contribution in [-0.4, -0.2) is 31.3 Å². The molecule has 2 aromatic carbocycles. The van der Waals surface area contributed by atoms with E-state index in [1.165, 1.54) is 6.21 Å². The van der Waals surface area contributed by atoms with Crippen LogP contribution in [0.4, 0.5) is 0 Å². The predicted octanol–water partition coefficient (Wildman–Crippen LogP) is 1.11. The molecule has 0 unspecified atom stereocenters. The van der Waals surface area contributed by atoms with Crippen molar-refractivity contribution >= 4 is 34.0 Å². The first-order valence-corrected chi connectivity index (χ1v) is 7.95. The molecule has 2 rings (SSSR count). The quantitative estimate of drug-likeness (QED) is 0.523. The Morgan fingerprint density at radius 1 is 1.08 bits per heavy atom. The molecule has 1 N–H and O–H groups in total. The smallest absolute Gasteiger partial charge is 0.277 e. The number of ether oxygens (including phenoxy) is 2. The van der Waals surface area contributed by atoms with Gasteiger partial charge < -0.3 is 19.4 Å². The molecule has 0 radical (unpaired) electrons. The summed E-state index contributed by atoms with van der Waals surface area (Å²) in [7, 11) is 0. The van der Waals surface area contributed by atoms with Crippen molar-refractivity contribution in [3.8, 4) is 11.5 Å². The molecule has 2 aromatic rings. The highest BCUT2D eigenvalue weighted by Gasteiger charge is 2.01. The van der Waals surface area contributed by atoms with Gasteiger partial charge in [0.25, 0.3) is 5.91 Å². The number of hydrogen-bond donors (Lipinski definition) is 1. The lowest BCUT2D eigenvalue weighted by molar-refractivity contribution is -0.307. The number of carboxylic acid groups (broad SMARTS) is 1. The Hall–Kier alpha value is -2.87. The molecular weight excluding hydrogens is 392 g/mol. The summed E-state index contributed by atoms with van der Waals surface area (Å²) in [5.41, 5.74) is 3.05. The van der Waals surface area contributed by atoms with Crippen LogP contribution in [0.1, 0.15) is 5.56 Å². The number of aliphatic carboxylic acids is 1. The predicted molar refractivity (Wildman–Crippen MR) is 92.3 cm³/mol. The number of carbonyl (C=O) groups excluding carboxylic acids is 2. The summed E-state index contributed by atoms with van der Waals surface area (Å²) in [6.07, 6.45) is 1.44. The van der Waals surface area contributed by atoms with Gasteiger partial charge in [-0.1, -0.05) is 22.0 Å². The maximum absolute atomic E-state index is 11.7. The summed E-state index contributed by atoms with van der Waals surface area (Å²) < 4.78 is 11.1. The van der Waals surface area contributed by atoms with Crippen LogP contribution >= 0.6 is 15.9 Å². The number of nitrogens with zero attached hydrogens (tertiary/aromatic N) is 1. The number of hydrazone groups is 1. The number of benzene rings is 2. The standard InChI is InChI=1S/C17H15BrN2O5/c18-13-2-1-3-15(8-13)24-10-16(21)20-19-9-12-4-6-14(7-5-12)25-11-17(22)23/h1-9H,10-11H2,(H,20,21)(H,22,23)/p-1. The number of carboxylic acids is 1. The number of hydrogen-bond acceptors (Lipinski definition) is 6. The van der Waals surface area contributed by atoms with Gasteiger partial charge in [-0.25, -0.2) is 5.43 Å². The minimum atomic E-state index is -1.29. The van der Waals surface area contributed by atoms with Crippen molar-refractivity contribution in [3.63, 3.8) is 0 Å². The molecule has 0 saturated carbocycles. The van der Waals surface area contributed by atoms with Crippen LogP contribution in [0.3, 0.4) is 0 Å². The molecule has 0 bridgehead atoms. The molecule has 0 fully saturated rings. The molecule has 0 heterocycles. The highest BCUT2D eigenvalue weighted by molar-refractivity contribution is 9.10. The zero-order valence-electron chi connectivity index (χ0n) is 13.0. The number of rotatable bonds is 8. The maximum atomic E-state index is 11.7.